The molecular weight excluding hydrogens is 466 g/mol. The average Bonchev–Trinajstić information content (AvgIpc) is 3.52. The second-order valence-corrected chi connectivity index (χ2v) is 10.2. The molecule has 0 unspecified atom stereocenters. The van der Waals surface area contributed by atoms with Crippen molar-refractivity contribution in [2.75, 3.05) is 5.01 Å². The van der Waals surface area contributed by atoms with Crippen LogP contribution in [0.1, 0.15) is 45.8 Å². The molecule has 0 fully saturated rings. The van der Waals surface area contributed by atoms with Crippen LogP contribution in [0.15, 0.2) is 47.1 Å². The molecule has 0 saturated heterocycles. The van der Waals surface area contributed by atoms with E-state index < -0.39 is 12.1 Å². The fraction of sp³-hybridized carbons (Fsp3) is 0.286. The van der Waals surface area contributed by atoms with E-state index in [0.717, 1.165) is 58.9 Å². The minimum atomic E-state index is -0.742. The van der Waals surface area contributed by atoms with Crippen molar-refractivity contribution in [1.82, 2.24) is 4.57 Å². The third-order valence-electron chi connectivity index (χ3n) is 6.93. The van der Waals surface area contributed by atoms with E-state index in [0.29, 0.717) is 11.3 Å². The molecule has 1 aliphatic heterocycles. The van der Waals surface area contributed by atoms with E-state index in [1.165, 1.54) is 10.4 Å². The van der Waals surface area contributed by atoms with Crippen molar-refractivity contribution >= 4 is 28.8 Å². The van der Waals surface area contributed by atoms with Crippen LogP contribution < -0.4 is 10.7 Å². The molecule has 0 amide bonds. The van der Waals surface area contributed by atoms with Crippen LogP contribution in [0.3, 0.4) is 0 Å². The molecule has 3 heterocycles. The Labute approximate surface area is 214 Å². The number of fused-ring (bicyclic) bond motifs is 1. The van der Waals surface area contributed by atoms with Crippen LogP contribution in [-0.2, 0) is 12.8 Å². The van der Waals surface area contributed by atoms with Crippen molar-refractivity contribution in [3.05, 3.63) is 74.9 Å². The molecule has 8 heteroatoms. The Bertz CT molecular complexity index is 1520. The van der Waals surface area contributed by atoms with Gasteiger partial charge < -0.3 is 10.3 Å². The van der Waals surface area contributed by atoms with Crippen LogP contribution in [0, 0.1) is 53.8 Å². The number of allylic oxidation sites excluding steroid dienone is 1. The summed E-state index contributed by atoms with van der Waals surface area (Å²) >= 11 is 1.70. The molecule has 178 valence electrons. The van der Waals surface area contributed by atoms with Crippen molar-refractivity contribution in [1.29, 1.82) is 15.8 Å². The summed E-state index contributed by atoms with van der Waals surface area (Å²) in [5, 5.41) is 37.1. The van der Waals surface area contributed by atoms with E-state index in [1.807, 2.05) is 50.2 Å². The van der Waals surface area contributed by atoms with Crippen molar-refractivity contribution in [3.63, 3.8) is 0 Å². The number of anilines is 1. The van der Waals surface area contributed by atoms with Crippen LogP contribution in [0.4, 0.5) is 5.69 Å². The van der Waals surface area contributed by atoms with Gasteiger partial charge in [0.1, 0.15) is 29.2 Å². The highest BCUT2D eigenvalue weighted by molar-refractivity contribution is 7.15. The number of para-hydroxylation sites is 1. The number of nitrogens with two attached hydrogens (primary N) is 1. The lowest BCUT2D eigenvalue weighted by Gasteiger charge is -2.21. The molecule has 0 saturated carbocycles. The summed E-state index contributed by atoms with van der Waals surface area (Å²) in [7, 11) is 0. The van der Waals surface area contributed by atoms with Crippen LogP contribution in [-0.4, -0.2) is 16.4 Å². The fourth-order valence-corrected chi connectivity index (χ4v) is 6.56. The molecule has 36 heavy (non-hydrogen) atoms. The van der Waals surface area contributed by atoms with E-state index in [4.69, 9.17) is 5.73 Å². The minimum absolute atomic E-state index is 0.307. The molecule has 2 N–H and O–H groups in total. The van der Waals surface area contributed by atoms with Crippen molar-refractivity contribution in [3.8, 4) is 23.2 Å². The van der Waals surface area contributed by atoms with E-state index in [-0.39, 0.29) is 0 Å². The Morgan fingerprint density at radius 1 is 1.14 bits per heavy atom. The van der Waals surface area contributed by atoms with Gasteiger partial charge in [-0.05, 0) is 74.9 Å². The quantitative estimate of drug-likeness (QED) is 0.509. The third kappa shape index (κ3) is 3.80. The summed E-state index contributed by atoms with van der Waals surface area (Å²) in [6.45, 7) is 4.00. The summed E-state index contributed by atoms with van der Waals surface area (Å²) in [5.41, 5.74) is 12.5. The van der Waals surface area contributed by atoms with E-state index in [9.17, 15) is 15.8 Å². The van der Waals surface area contributed by atoms with Crippen molar-refractivity contribution in [2.24, 2.45) is 16.8 Å². The number of hydrogen-bond acceptors (Lipinski definition) is 7. The maximum absolute atomic E-state index is 10.1. The number of benzene rings is 1. The van der Waals surface area contributed by atoms with E-state index in [1.54, 1.807) is 22.4 Å². The number of thiophene rings is 1. The van der Waals surface area contributed by atoms with E-state index >= 15 is 0 Å². The molecule has 1 aliphatic carbocycles. The molecule has 0 spiro atoms. The third-order valence-corrected chi connectivity index (χ3v) is 8.20. The summed E-state index contributed by atoms with van der Waals surface area (Å²) in [6.07, 6.45) is 5.34. The molecule has 1 aromatic carbocycles. The molecule has 0 radical (unpaired) electrons. The summed E-state index contributed by atoms with van der Waals surface area (Å²) in [5.74, 6) is -0.742. The first kappa shape index (κ1) is 23.6. The Kier molecular flexibility index (Phi) is 6.20. The SMILES string of the molecule is Cc1cc(/C=C(/C#N)C2=NN(c3ccccc3)[C@H](N)[C@@H]2C#N)c(C)n1-c1sc2c(c1C#N)CCCC2. The topological polar surface area (TPSA) is 118 Å². The predicted molar refractivity (Wildman–Crippen MR) is 142 cm³/mol. The molecule has 2 aliphatic rings. The lowest BCUT2D eigenvalue weighted by atomic mass is 9.95. The van der Waals surface area contributed by atoms with Gasteiger partial charge in [0.25, 0.3) is 0 Å². The Morgan fingerprint density at radius 3 is 2.58 bits per heavy atom. The zero-order chi connectivity index (χ0) is 25.4. The average molecular weight is 492 g/mol. The van der Waals surface area contributed by atoms with Gasteiger partial charge in [-0.1, -0.05) is 18.2 Å². The normalized spacial score (nSPS) is 19.3. The molecular formula is C28H25N7S. The monoisotopic (exact) mass is 491 g/mol. The number of aryl methyl sites for hydroxylation is 2. The van der Waals surface area contributed by atoms with Gasteiger partial charge >= 0.3 is 0 Å². The van der Waals surface area contributed by atoms with Gasteiger partial charge in [-0.25, -0.2) is 5.01 Å². The van der Waals surface area contributed by atoms with Crippen LogP contribution in [0.2, 0.25) is 0 Å². The number of aromatic nitrogens is 1. The summed E-state index contributed by atoms with van der Waals surface area (Å²) in [4.78, 5) is 1.31. The Hall–Kier alpha value is -4.16. The number of rotatable bonds is 4. The molecule has 3 aromatic rings. The minimum Gasteiger partial charge on any atom is -0.308 e. The first-order valence-electron chi connectivity index (χ1n) is 11.9. The predicted octanol–water partition coefficient (Wildman–Crippen LogP) is 5.11. The second kappa shape index (κ2) is 9.47. The van der Waals surface area contributed by atoms with Crippen LogP contribution in [0.25, 0.3) is 11.1 Å². The maximum atomic E-state index is 10.1. The Balaban J connectivity index is 1.58. The number of nitriles is 3. The lowest BCUT2D eigenvalue weighted by Crippen LogP contribution is -2.40. The van der Waals surface area contributed by atoms with E-state index in [2.05, 4.69) is 27.9 Å². The van der Waals surface area contributed by atoms with Crippen molar-refractivity contribution < 1.29 is 0 Å². The highest BCUT2D eigenvalue weighted by Crippen LogP contribution is 2.38. The van der Waals surface area contributed by atoms with Crippen molar-refractivity contribution in [2.45, 2.75) is 45.7 Å². The number of hydrogen-bond donors (Lipinski definition) is 1. The lowest BCUT2D eigenvalue weighted by molar-refractivity contribution is 0.624. The Morgan fingerprint density at radius 2 is 1.89 bits per heavy atom. The van der Waals surface area contributed by atoms with Gasteiger partial charge in [-0.2, -0.15) is 20.9 Å². The van der Waals surface area contributed by atoms with Gasteiger partial charge in [0.05, 0.1) is 28.6 Å². The number of hydrazone groups is 1. The van der Waals surface area contributed by atoms with Gasteiger partial charge in [-0.15, -0.1) is 11.3 Å². The fourth-order valence-electron chi connectivity index (χ4n) is 5.11. The standard InChI is InChI=1S/C28H25N7S/c1-17-12-19(18(2)34(17)28-23(15-30)22-10-6-7-11-25(22)36-28)13-20(14-29)26-24(16-31)27(32)35(33-26)21-8-4-3-5-9-21/h3-5,8-9,12-13,24,27H,6-7,10-11,32H2,1-2H3/b20-13-/t24-,27+/m1/s1. The smallest absolute Gasteiger partial charge is 0.127 e. The summed E-state index contributed by atoms with van der Waals surface area (Å²) < 4.78 is 2.11. The zero-order valence-corrected chi connectivity index (χ0v) is 21.0. The summed E-state index contributed by atoms with van der Waals surface area (Å²) in [6, 6.07) is 18.3. The highest BCUT2D eigenvalue weighted by Gasteiger charge is 2.37. The first-order chi connectivity index (χ1) is 17.5. The molecule has 5 rings (SSSR count). The van der Waals surface area contributed by atoms with Gasteiger partial charge in [0, 0.05) is 16.3 Å². The molecule has 2 aromatic heterocycles. The van der Waals surface area contributed by atoms with Crippen LogP contribution in [0.5, 0.6) is 0 Å². The number of nitrogens with zero attached hydrogens (tertiary/aromatic N) is 6. The zero-order valence-electron chi connectivity index (χ0n) is 20.2. The second-order valence-electron chi connectivity index (χ2n) is 9.10. The molecule has 0 bridgehead atoms. The van der Waals surface area contributed by atoms with Crippen LogP contribution >= 0.6 is 11.3 Å². The van der Waals surface area contributed by atoms with Gasteiger partial charge in [0.15, 0.2) is 0 Å². The maximum Gasteiger partial charge on any atom is 0.127 e. The molecule has 2 atom stereocenters. The highest BCUT2D eigenvalue weighted by atomic mass is 32.1. The molecule has 7 nitrogen and oxygen atoms in total. The van der Waals surface area contributed by atoms with Gasteiger partial charge in [-0.3, -0.25) is 0 Å². The largest absolute Gasteiger partial charge is 0.308 e. The first-order valence-corrected chi connectivity index (χ1v) is 12.7. The van der Waals surface area contributed by atoms with Gasteiger partial charge in [0.2, 0.25) is 0 Å².